The van der Waals surface area contributed by atoms with Crippen molar-refractivity contribution in [3.05, 3.63) is 12.3 Å². The molecule has 0 aliphatic rings. The average molecular weight is 133 g/mol. The minimum atomic E-state index is -1.15. The van der Waals surface area contributed by atoms with E-state index in [0.717, 1.165) is 0 Å². The standard InChI is InChI=1S/C5H11NO3/c1-4(6)3-9-5(8)2-7/h5,7-8H,1-3,6H2. The summed E-state index contributed by atoms with van der Waals surface area (Å²) in [5, 5.41) is 16.7. The summed E-state index contributed by atoms with van der Waals surface area (Å²) in [4.78, 5) is 0. The van der Waals surface area contributed by atoms with Crippen LogP contribution in [0.5, 0.6) is 0 Å². The Morgan fingerprint density at radius 3 is 2.67 bits per heavy atom. The molecule has 0 saturated heterocycles. The second kappa shape index (κ2) is 4.31. The first kappa shape index (κ1) is 8.42. The molecule has 0 saturated carbocycles. The van der Waals surface area contributed by atoms with E-state index >= 15 is 0 Å². The van der Waals surface area contributed by atoms with Gasteiger partial charge in [0.2, 0.25) is 0 Å². The van der Waals surface area contributed by atoms with E-state index in [1.165, 1.54) is 0 Å². The van der Waals surface area contributed by atoms with Crippen LogP contribution in [0.1, 0.15) is 0 Å². The average Bonchev–Trinajstić information content (AvgIpc) is 1.83. The van der Waals surface area contributed by atoms with Crippen LogP contribution >= 0.6 is 0 Å². The normalized spacial score (nSPS) is 13.1. The Morgan fingerprint density at radius 1 is 1.78 bits per heavy atom. The lowest BCUT2D eigenvalue weighted by Crippen LogP contribution is -2.19. The monoisotopic (exact) mass is 133 g/mol. The number of nitrogens with two attached hydrogens (primary N) is 1. The molecule has 4 nitrogen and oxygen atoms in total. The van der Waals surface area contributed by atoms with Gasteiger partial charge in [-0.1, -0.05) is 6.58 Å². The Labute approximate surface area is 53.6 Å². The summed E-state index contributed by atoms with van der Waals surface area (Å²) >= 11 is 0. The van der Waals surface area contributed by atoms with E-state index in [9.17, 15) is 0 Å². The summed E-state index contributed by atoms with van der Waals surface area (Å²) in [5.41, 5.74) is 5.40. The zero-order valence-electron chi connectivity index (χ0n) is 5.08. The van der Waals surface area contributed by atoms with Crippen molar-refractivity contribution < 1.29 is 14.9 Å². The summed E-state index contributed by atoms with van der Waals surface area (Å²) in [6.45, 7) is 2.97. The minimum Gasteiger partial charge on any atom is -0.401 e. The molecule has 0 fully saturated rings. The van der Waals surface area contributed by atoms with E-state index in [-0.39, 0.29) is 6.61 Å². The maximum absolute atomic E-state index is 8.54. The van der Waals surface area contributed by atoms with Crippen molar-refractivity contribution in [3.63, 3.8) is 0 Å². The zero-order chi connectivity index (χ0) is 7.28. The van der Waals surface area contributed by atoms with Crippen molar-refractivity contribution >= 4 is 0 Å². The molecule has 1 atom stereocenters. The van der Waals surface area contributed by atoms with E-state index in [1.54, 1.807) is 0 Å². The van der Waals surface area contributed by atoms with Gasteiger partial charge in [-0.3, -0.25) is 0 Å². The summed E-state index contributed by atoms with van der Waals surface area (Å²) in [6, 6.07) is 0. The lowest BCUT2D eigenvalue weighted by atomic mass is 10.5. The van der Waals surface area contributed by atoms with Crippen LogP contribution in [0.25, 0.3) is 0 Å². The highest BCUT2D eigenvalue weighted by molar-refractivity contribution is 4.85. The topological polar surface area (TPSA) is 75.7 Å². The van der Waals surface area contributed by atoms with Gasteiger partial charge in [0.05, 0.1) is 13.2 Å². The molecule has 54 valence electrons. The van der Waals surface area contributed by atoms with Crippen molar-refractivity contribution in [3.8, 4) is 0 Å². The van der Waals surface area contributed by atoms with E-state index in [1.807, 2.05) is 0 Å². The van der Waals surface area contributed by atoms with Crippen LogP contribution in [0, 0.1) is 0 Å². The Bertz CT molecular complexity index is 94.2. The lowest BCUT2D eigenvalue weighted by molar-refractivity contribution is -0.117. The maximum Gasteiger partial charge on any atom is 0.178 e. The van der Waals surface area contributed by atoms with E-state index in [2.05, 4.69) is 11.3 Å². The predicted molar refractivity (Wildman–Crippen MR) is 32.4 cm³/mol. The molecule has 0 rings (SSSR count). The predicted octanol–water partition coefficient (Wildman–Crippen LogP) is -1.21. The van der Waals surface area contributed by atoms with Crippen LogP contribution in [0.4, 0.5) is 0 Å². The van der Waals surface area contributed by atoms with Crippen LogP contribution in [0.2, 0.25) is 0 Å². The number of aliphatic hydroxyl groups is 2. The zero-order valence-corrected chi connectivity index (χ0v) is 5.08. The van der Waals surface area contributed by atoms with Gasteiger partial charge in [-0.2, -0.15) is 0 Å². The molecule has 0 amide bonds. The van der Waals surface area contributed by atoms with Crippen molar-refractivity contribution in [1.29, 1.82) is 0 Å². The smallest absolute Gasteiger partial charge is 0.178 e. The van der Waals surface area contributed by atoms with E-state index in [4.69, 9.17) is 15.9 Å². The fraction of sp³-hybridized carbons (Fsp3) is 0.600. The van der Waals surface area contributed by atoms with E-state index < -0.39 is 12.9 Å². The number of hydrogen-bond acceptors (Lipinski definition) is 4. The molecule has 4 heteroatoms. The van der Waals surface area contributed by atoms with Crippen molar-refractivity contribution in [2.45, 2.75) is 6.29 Å². The third kappa shape index (κ3) is 5.29. The van der Waals surface area contributed by atoms with Gasteiger partial charge in [-0.05, 0) is 0 Å². The molecule has 0 aromatic heterocycles. The summed E-state index contributed by atoms with van der Waals surface area (Å²) in [7, 11) is 0. The van der Waals surface area contributed by atoms with Gasteiger partial charge in [0.1, 0.15) is 0 Å². The lowest BCUT2D eigenvalue weighted by Gasteiger charge is -2.07. The van der Waals surface area contributed by atoms with Crippen LogP contribution < -0.4 is 5.73 Å². The van der Waals surface area contributed by atoms with Gasteiger partial charge >= 0.3 is 0 Å². The molecule has 0 heterocycles. The SMILES string of the molecule is C=C(N)COC(O)CO. The fourth-order valence-electron chi connectivity index (χ4n) is 0.256. The third-order valence-electron chi connectivity index (χ3n) is 0.617. The Hall–Kier alpha value is -0.580. The molecule has 0 bridgehead atoms. The summed E-state index contributed by atoms with van der Waals surface area (Å²) in [6.07, 6.45) is -1.15. The van der Waals surface area contributed by atoms with Gasteiger partial charge in [-0.15, -0.1) is 0 Å². The van der Waals surface area contributed by atoms with Crippen LogP contribution in [-0.4, -0.2) is 29.7 Å². The fourth-order valence-corrected chi connectivity index (χ4v) is 0.256. The van der Waals surface area contributed by atoms with Crippen LogP contribution in [0.15, 0.2) is 12.3 Å². The van der Waals surface area contributed by atoms with Gasteiger partial charge in [0.25, 0.3) is 0 Å². The molecule has 0 spiro atoms. The highest BCUT2D eigenvalue weighted by atomic mass is 16.6. The molecular formula is C5H11NO3. The molecule has 0 aliphatic carbocycles. The first-order valence-electron chi connectivity index (χ1n) is 2.50. The molecule has 0 radical (unpaired) electrons. The van der Waals surface area contributed by atoms with Crippen LogP contribution in [0.3, 0.4) is 0 Å². The summed E-state index contributed by atoms with van der Waals surface area (Å²) in [5.74, 6) is 0. The highest BCUT2D eigenvalue weighted by Gasteiger charge is 1.99. The minimum absolute atomic E-state index is 0.0712. The number of rotatable bonds is 4. The molecule has 4 N–H and O–H groups in total. The second-order valence-corrected chi connectivity index (χ2v) is 1.61. The number of aliphatic hydroxyl groups excluding tert-OH is 2. The second-order valence-electron chi connectivity index (χ2n) is 1.61. The van der Waals surface area contributed by atoms with Crippen LogP contribution in [-0.2, 0) is 4.74 Å². The van der Waals surface area contributed by atoms with Gasteiger partial charge in [0, 0.05) is 5.70 Å². The molecule has 9 heavy (non-hydrogen) atoms. The quantitative estimate of drug-likeness (QED) is 0.420. The Balaban J connectivity index is 3.16. The van der Waals surface area contributed by atoms with Gasteiger partial charge < -0.3 is 20.7 Å². The first-order chi connectivity index (χ1) is 4.16. The number of hydrogen-bond donors (Lipinski definition) is 3. The number of ether oxygens (including phenoxy) is 1. The molecular weight excluding hydrogens is 122 g/mol. The largest absolute Gasteiger partial charge is 0.401 e. The third-order valence-corrected chi connectivity index (χ3v) is 0.617. The van der Waals surface area contributed by atoms with Gasteiger partial charge in [-0.25, -0.2) is 0 Å². The summed E-state index contributed by atoms with van der Waals surface area (Å²) < 4.78 is 4.53. The first-order valence-corrected chi connectivity index (χ1v) is 2.50. The highest BCUT2D eigenvalue weighted by Crippen LogP contribution is 1.86. The van der Waals surface area contributed by atoms with E-state index in [0.29, 0.717) is 5.70 Å². The maximum atomic E-state index is 8.54. The Kier molecular flexibility index (Phi) is 4.04. The van der Waals surface area contributed by atoms with Crippen molar-refractivity contribution in [2.24, 2.45) is 5.73 Å². The Morgan fingerprint density at radius 2 is 2.33 bits per heavy atom. The van der Waals surface area contributed by atoms with Crippen molar-refractivity contribution in [2.75, 3.05) is 13.2 Å². The van der Waals surface area contributed by atoms with Gasteiger partial charge in [0.15, 0.2) is 6.29 Å². The molecule has 0 aliphatic heterocycles. The molecule has 0 aromatic carbocycles. The van der Waals surface area contributed by atoms with Crippen molar-refractivity contribution in [1.82, 2.24) is 0 Å². The molecule has 1 unspecified atom stereocenters. The molecule has 0 aromatic rings.